The number of piperidine rings is 1. The molecule has 2 rings (SSSR count). The summed E-state index contributed by atoms with van der Waals surface area (Å²) in [6, 6.07) is 0.579. The zero-order valence-electron chi connectivity index (χ0n) is 11.2. The van der Waals surface area contributed by atoms with Crippen LogP contribution in [0.2, 0.25) is 0 Å². The number of nitrogens with one attached hydrogen (secondary N) is 1. The van der Waals surface area contributed by atoms with Crippen molar-refractivity contribution < 1.29 is 4.79 Å². The van der Waals surface area contributed by atoms with E-state index in [1.54, 1.807) is 0 Å². The normalized spacial score (nSPS) is 34.4. The van der Waals surface area contributed by atoms with Crippen molar-refractivity contribution in [3.8, 4) is 0 Å². The van der Waals surface area contributed by atoms with Gasteiger partial charge in [0.15, 0.2) is 0 Å². The van der Waals surface area contributed by atoms with Gasteiger partial charge in [-0.2, -0.15) is 0 Å². The highest BCUT2D eigenvalue weighted by Gasteiger charge is 2.29. The van der Waals surface area contributed by atoms with Gasteiger partial charge in [0.05, 0.1) is 6.04 Å². The fraction of sp³-hybridized carbons (Fsp3) is 0.929. The molecule has 1 amide bonds. The smallest absolute Gasteiger partial charge is 0.239 e. The first-order valence-electron chi connectivity index (χ1n) is 7.18. The van der Waals surface area contributed by atoms with E-state index in [9.17, 15) is 4.79 Å². The van der Waals surface area contributed by atoms with E-state index in [1.165, 1.54) is 38.5 Å². The van der Waals surface area contributed by atoms with Crippen LogP contribution in [0.25, 0.3) is 0 Å². The molecular formula is C14H26N2O. The maximum Gasteiger partial charge on any atom is 0.239 e. The molecule has 3 nitrogen and oxygen atoms in total. The Morgan fingerprint density at radius 2 is 1.82 bits per heavy atom. The molecule has 1 heterocycles. The number of likely N-dealkylation sites (N-methyl/N-ethyl adjacent to an activating group) is 1. The number of rotatable bonds is 2. The van der Waals surface area contributed by atoms with Gasteiger partial charge in [0, 0.05) is 13.1 Å². The first-order chi connectivity index (χ1) is 8.18. The molecule has 1 aliphatic carbocycles. The molecule has 1 atom stereocenters. The van der Waals surface area contributed by atoms with E-state index in [-0.39, 0.29) is 6.04 Å². The second-order valence-electron chi connectivity index (χ2n) is 5.87. The number of carbonyl (C=O) groups is 1. The van der Waals surface area contributed by atoms with Gasteiger partial charge in [-0.25, -0.2) is 0 Å². The molecule has 0 bridgehead atoms. The maximum atomic E-state index is 12.3. The van der Waals surface area contributed by atoms with Gasteiger partial charge in [-0.3, -0.25) is 4.79 Å². The monoisotopic (exact) mass is 238 g/mol. The molecule has 0 aromatic rings. The zero-order chi connectivity index (χ0) is 12.3. The molecule has 1 saturated carbocycles. The largest absolute Gasteiger partial charge is 0.341 e. The van der Waals surface area contributed by atoms with Crippen molar-refractivity contribution in [1.82, 2.24) is 10.2 Å². The molecule has 17 heavy (non-hydrogen) atoms. The SMILES string of the molecule is CC1CCC(N(C)C(=O)[C@H]2CCCCN2)CC1. The Labute approximate surface area is 105 Å². The van der Waals surface area contributed by atoms with Gasteiger partial charge in [-0.1, -0.05) is 13.3 Å². The van der Waals surface area contributed by atoms with Gasteiger partial charge in [0.2, 0.25) is 5.91 Å². The van der Waals surface area contributed by atoms with Crippen LogP contribution in [0.4, 0.5) is 0 Å². The predicted molar refractivity (Wildman–Crippen MR) is 69.8 cm³/mol. The summed E-state index contributed by atoms with van der Waals surface area (Å²) < 4.78 is 0. The third-order valence-corrected chi connectivity index (χ3v) is 4.49. The minimum absolute atomic E-state index is 0.0908. The van der Waals surface area contributed by atoms with Crippen molar-refractivity contribution in [1.29, 1.82) is 0 Å². The highest BCUT2D eigenvalue weighted by Crippen LogP contribution is 2.27. The molecule has 2 aliphatic rings. The first-order valence-corrected chi connectivity index (χ1v) is 7.18. The van der Waals surface area contributed by atoms with Crippen molar-refractivity contribution in [3.05, 3.63) is 0 Å². The molecule has 0 aromatic carbocycles. The van der Waals surface area contributed by atoms with E-state index in [4.69, 9.17) is 0 Å². The van der Waals surface area contributed by atoms with Crippen molar-refractivity contribution in [2.24, 2.45) is 5.92 Å². The Morgan fingerprint density at radius 1 is 1.12 bits per heavy atom. The van der Waals surface area contributed by atoms with Gasteiger partial charge < -0.3 is 10.2 Å². The van der Waals surface area contributed by atoms with E-state index >= 15 is 0 Å². The second-order valence-corrected chi connectivity index (χ2v) is 5.87. The zero-order valence-corrected chi connectivity index (χ0v) is 11.2. The third-order valence-electron chi connectivity index (χ3n) is 4.49. The number of nitrogens with zero attached hydrogens (tertiary/aromatic N) is 1. The molecule has 0 radical (unpaired) electrons. The minimum Gasteiger partial charge on any atom is -0.341 e. The van der Waals surface area contributed by atoms with Crippen LogP contribution in [-0.4, -0.2) is 36.5 Å². The molecule has 0 unspecified atom stereocenters. The first kappa shape index (κ1) is 12.9. The van der Waals surface area contributed by atoms with Crippen molar-refractivity contribution >= 4 is 5.91 Å². The van der Waals surface area contributed by atoms with E-state index < -0.39 is 0 Å². The summed E-state index contributed by atoms with van der Waals surface area (Å²) in [5.74, 6) is 1.17. The molecule has 3 heteroatoms. The lowest BCUT2D eigenvalue weighted by atomic mass is 9.86. The molecule has 1 saturated heterocycles. The summed E-state index contributed by atoms with van der Waals surface area (Å²) in [6.07, 6.45) is 8.37. The highest BCUT2D eigenvalue weighted by atomic mass is 16.2. The van der Waals surface area contributed by atoms with E-state index in [0.29, 0.717) is 11.9 Å². The number of hydrogen-bond acceptors (Lipinski definition) is 2. The van der Waals surface area contributed by atoms with E-state index in [2.05, 4.69) is 12.2 Å². The minimum atomic E-state index is 0.0908. The Kier molecular flexibility index (Phi) is 4.43. The fourth-order valence-electron chi connectivity index (χ4n) is 3.12. The lowest BCUT2D eigenvalue weighted by molar-refractivity contribution is -0.135. The maximum absolute atomic E-state index is 12.3. The molecule has 2 fully saturated rings. The van der Waals surface area contributed by atoms with Gasteiger partial charge in [0.25, 0.3) is 0 Å². The molecular weight excluding hydrogens is 212 g/mol. The van der Waals surface area contributed by atoms with Crippen molar-refractivity contribution in [3.63, 3.8) is 0 Å². The number of amides is 1. The fourth-order valence-corrected chi connectivity index (χ4v) is 3.12. The Balaban J connectivity index is 1.85. The van der Waals surface area contributed by atoms with Crippen LogP contribution >= 0.6 is 0 Å². The van der Waals surface area contributed by atoms with Gasteiger partial charge in [-0.05, 0) is 51.0 Å². The van der Waals surface area contributed by atoms with Crippen LogP contribution < -0.4 is 5.32 Å². The predicted octanol–water partition coefficient (Wildman–Crippen LogP) is 2.17. The van der Waals surface area contributed by atoms with Gasteiger partial charge in [0.1, 0.15) is 0 Å². The van der Waals surface area contributed by atoms with Gasteiger partial charge >= 0.3 is 0 Å². The summed E-state index contributed by atoms with van der Waals surface area (Å²) >= 11 is 0. The molecule has 1 N–H and O–H groups in total. The Bertz CT molecular complexity index is 253. The summed E-state index contributed by atoms with van der Waals surface area (Å²) in [7, 11) is 2.00. The molecule has 0 aromatic heterocycles. The van der Waals surface area contributed by atoms with Crippen LogP contribution in [0.1, 0.15) is 51.9 Å². The average Bonchev–Trinajstić information content (AvgIpc) is 2.39. The van der Waals surface area contributed by atoms with E-state index in [1.807, 2.05) is 11.9 Å². The second kappa shape index (κ2) is 5.85. The third kappa shape index (κ3) is 3.21. The van der Waals surface area contributed by atoms with Crippen LogP contribution in [0, 0.1) is 5.92 Å². The summed E-state index contributed by atoms with van der Waals surface area (Å²) in [6.45, 7) is 3.33. The van der Waals surface area contributed by atoms with E-state index in [0.717, 1.165) is 18.9 Å². The van der Waals surface area contributed by atoms with Crippen molar-refractivity contribution in [2.75, 3.05) is 13.6 Å². The summed E-state index contributed by atoms with van der Waals surface area (Å²) in [4.78, 5) is 14.4. The molecule has 98 valence electrons. The number of carbonyl (C=O) groups excluding carboxylic acids is 1. The van der Waals surface area contributed by atoms with Crippen LogP contribution in [0.5, 0.6) is 0 Å². The Morgan fingerprint density at radius 3 is 2.41 bits per heavy atom. The molecule has 0 spiro atoms. The quantitative estimate of drug-likeness (QED) is 0.799. The standard InChI is InChI=1S/C14H26N2O/c1-11-6-8-12(9-7-11)16(2)14(17)13-5-3-4-10-15-13/h11-13,15H,3-10H2,1-2H3/t11?,12?,13-/m1/s1. The summed E-state index contributed by atoms with van der Waals surface area (Å²) in [5, 5.41) is 3.36. The van der Waals surface area contributed by atoms with Crippen LogP contribution in [-0.2, 0) is 4.79 Å². The average molecular weight is 238 g/mol. The topological polar surface area (TPSA) is 32.3 Å². The van der Waals surface area contributed by atoms with Gasteiger partial charge in [-0.15, -0.1) is 0 Å². The van der Waals surface area contributed by atoms with Crippen molar-refractivity contribution in [2.45, 2.75) is 64.0 Å². The Hall–Kier alpha value is -0.570. The van der Waals surface area contributed by atoms with Crippen LogP contribution in [0.15, 0.2) is 0 Å². The summed E-state index contributed by atoms with van der Waals surface area (Å²) in [5.41, 5.74) is 0. The lowest BCUT2D eigenvalue weighted by Gasteiger charge is -2.36. The molecule has 1 aliphatic heterocycles. The van der Waals surface area contributed by atoms with Crippen LogP contribution in [0.3, 0.4) is 0 Å². The lowest BCUT2D eigenvalue weighted by Crippen LogP contribution is -2.50. The highest BCUT2D eigenvalue weighted by molar-refractivity contribution is 5.82. The number of hydrogen-bond donors (Lipinski definition) is 1.